The first kappa shape index (κ1) is 14.4. The molecule has 3 aromatic rings. The maximum absolute atomic E-state index is 12.7. The molecule has 0 aliphatic carbocycles. The number of carbonyl (C=O) groups is 1. The first-order valence-electron chi connectivity index (χ1n) is 6.78. The van der Waals surface area contributed by atoms with Crippen LogP contribution in [-0.4, -0.2) is 37.6 Å². The van der Waals surface area contributed by atoms with Gasteiger partial charge in [0.15, 0.2) is 5.82 Å². The van der Waals surface area contributed by atoms with Gasteiger partial charge in [0.05, 0.1) is 6.04 Å². The minimum Gasteiger partial charge on any atom is -0.334 e. The van der Waals surface area contributed by atoms with Crippen molar-refractivity contribution in [2.45, 2.75) is 13.0 Å². The van der Waals surface area contributed by atoms with E-state index in [-0.39, 0.29) is 11.9 Å². The Morgan fingerprint density at radius 1 is 1.41 bits per heavy atom. The van der Waals surface area contributed by atoms with E-state index in [4.69, 9.17) is 0 Å². The largest absolute Gasteiger partial charge is 0.334 e. The predicted octanol–water partition coefficient (Wildman–Crippen LogP) is 2.56. The molecule has 0 spiro atoms. The molecule has 22 heavy (non-hydrogen) atoms. The van der Waals surface area contributed by atoms with E-state index in [1.807, 2.05) is 31.5 Å². The molecule has 112 valence electrons. The second kappa shape index (κ2) is 6.07. The number of aromatic nitrogens is 4. The van der Waals surface area contributed by atoms with Crippen molar-refractivity contribution in [3.63, 3.8) is 0 Å². The van der Waals surface area contributed by atoms with E-state index in [2.05, 4.69) is 15.1 Å². The summed E-state index contributed by atoms with van der Waals surface area (Å²) in [7, 11) is 1.81. The van der Waals surface area contributed by atoms with E-state index >= 15 is 0 Å². The molecule has 3 rings (SSSR count). The maximum Gasteiger partial charge on any atom is 0.254 e. The van der Waals surface area contributed by atoms with Gasteiger partial charge in [0.2, 0.25) is 0 Å². The Bertz CT molecular complexity index is 754. The Kier molecular flexibility index (Phi) is 3.97. The molecule has 0 saturated carbocycles. The highest BCUT2D eigenvalue weighted by Gasteiger charge is 2.20. The topological polar surface area (TPSA) is 63.9 Å². The third kappa shape index (κ3) is 2.75. The lowest BCUT2D eigenvalue weighted by Gasteiger charge is -2.24. The summed E-state index contributed by atoms with van der Waals surface area (Å²) in [5, 5.41) is 6.04. The zero-order valence-corrected chi connectivity index (χ0v) is 13.1. The van der Waals surface area contributed by atoms with Crippen molar-refractivity contribution in [1.29, 1.82) is 0 Å². The van der Waals surface area contributed by atoms with Crippen molar-refractivity contribution < 1.29 is 4.79 Å². The summed E-state index contributed by atoms with van der Waals surface area (Å²) in [5.41, 5.74) is 0.575. The normalized spacial score (nSPS) is 12.1. The van der Waals surface area contributed by atoms with E-state index in [0.717, 1.165) is 4.88 Å². The Morgan fingerprint density at radius 3 is 2.95 bits per heavy atom. The summed E-state index contributed by atoms with van der Waals surface area (Å²) in [5.74, 6) is 0.519. The van der Waals surface area contributed by atoms with Crippen LogP contribution in [0, 0.1) is 0 Å². The molecule has 3 aromatic heterocycles. The minimum atomic E-state index is -0.0512. The highest BCUT2D eigenvalue weighted by atomic mass is 32.1. The SMILES string of the molecule is C[C@H](c1cccs1)N(C)C(=O)c1ccnc(-n2cncn2)c1. The van der Waals surface area contributed by atoms with Crippen LogP contribution in [0.4, 0.5) is 0 Å². The van der Waals surface area contributed by atoms with Crippen molar-refractivity contribution in [3.8, 4) is 5.82 Å². The standard InChI is InChI=1S/C15H15N5OS/c1-11(13-4-3-7-22-13)19(2)15(21)12-5-6-17-14(8-12)20-10-16-9-18-20/h3-11H,1-2H3/t11-/m1/s1. The van der Waals surface area contributed by atoms with Gasteiger partial charge < -0.3 is 4.90 Å². The fraction of sp³-hybridized carbons (Fsp3) is 0.200. The number of nitrogens with zero attached hydrogens (tertiary/aromatic N) is 5. The first-order valence-corrected chi connectivity index (χ1v) is 7.66. The molecule has 0 aliphatic heterocycles. The smallest absolute Gasteiger partial charge is 0.254 e. The summed E-state index contributed by atoms with van der Waals surface area (Å²) >= 11 is 1.64. The van der Waals surface area contributed by atoms with Crippen LogP contribution in [0.2, 0.25) is 0 Å². The molecule has 0 bridgehead atoms. The van der Waals surface area contributed by atoms with Gasteiger partial charge in [0.1, 0.15) is 12.7 Å². The lowest BCUT2D eigenvalue weighted by Crippen LogP contribution is -2.29. The Hall–Kier alpha value is -2.54. The molecule has 0 fully saturated rings. The molecule has 0 unspecified atom stereocenters. The third-order valence-corrected chi connectivity index (χ3v) is 4.54. The molecular weight excluding hydrogens is 298 g/mol. The Labute approximate surface area is 132 Å². The number of pyridine rings is 1. The van der Waals surface area contributed by atoms with Gasteiger partial charge in [-0.1, -0.05) is 6.07 Å². The number of amides is 1. The van der Waals surface area contributed by atoms with Gasteiger partial charge in [-0.2, -0.15) is 5.10 Å². The van der Waals surface area contributed by atoms with Crippen LogP contribution in [-0.2, 0) is 0 Å². The second-order valence-corrected chi connectivity index (χ2v) is 5.83. The summed E-state index contributed by atoms with van der Waals surface area (Å²) in [6, 6.07) is 7.47. The van der Waals surface area contributed by atoms with Crippen LogP contribution in [0.5, 0.6) is 0 Å². The fourth-order valence-corrected chi connectivity index (χ4v) is 2.93. The van der Waals surface area contributed by atoms with Crippen molar-refractivity contribution in [2.24, 2.45) is 0 Å². The molecule has 0 saturated heterocycles. The van der Waals surface area contributed by atoms with Crippen molar-refractivity contribution in [3.05, 3.63) is 58.9 Å². The molecule has 1 amide bonds. The number of hydrogen-bond acceptors (Lipinski definition) is 5. The van der Waals surface area contributed by atoms with Crippen LogP contribution < -0.4 is 0 Å². The van der Waals surface area contributed by atoms with Crippen LogP contribution in [0.25, 0.3) is 5.82 Å². The molecule has 0 radical (unpaired) electrons. The van der Waals surface area contributed by atoms with Crippen molar-refractivity contribution in [2.75, 3.05) is 7.05 Å². The summed E-state index contributed by atoms with van der Waals surface area (Å²) in [6.07, 6.45) is 4.59. The average molecular weight is 313 g/mol. The average Bonchev–Trinajstić information content (AvgIpc) is 3.25. The van der Waals surface area contributed by atoms with Gasteiger partial charge in [0.25, 0.3) is 5.91 Å². The summed E-state index contributed by atoms with van der Waals surface area (Å²) in [6.45, 7) is 2.02. The van der Waals surface area contributed by atoms with E-state index in [9.17, 15) is 4.79 Å². The van der Waals surface area contributed by atoms with Gasteiger partial charge in [-0.05, 0) is 30.5 Å². The van der Waals surface area contributed by atoms with Crippen LogP contribution in [0.3, 0.4) is 0 Å². The van der Waals surface area contributed by atoms with Gasteiger partial charge in [-0.3, -0.25) is 4.79 Å². The number of carbonyl (C=O) groups excluding carboxylic acids is 1. The van der Waals surface area contributed by atoms with Crippen molar-refractivity contribution >= 4 is 17.2 Å². The molecule has 0 N–H and O–H groups in total. The van der Waals surface area contributed by atoms with Gasteiger partial charge in [0, 0.05) is 23.7 Å². The maximum atomic E-state index is 12.7. The van der Waals surface area contributed by atoms with E-state index < -0.39 is 0 Å². The number of thiophene rings is 1. The van der Waals surface area contributed by atoms with Gasteiger partial charge in [-0.15, -0.1) is 11.3 Å². The second-order valence-electron chi connectivity index (χ2n) is 4.85. The highest BCUT2D eigenvalue weighted by molar-refractivity contribution is 7.10. The molecule has 0 aliphatic rings. The van der Waals surface area contributed by atoms with Crippen LogP contribution in [0.1, 0.15) is 28.2 Å². The molecular formula is C15H15N5OS. The fourth-order valence-electron chi connectivity index (χ4n) is 2.10. The lowest BCUT2D eigenvalue weighted by molar-refractivity contribution is 0.0745. The molecule has 3 heterocycles. The van der Waals surface area contributed by atoms with E-state index in [1.165, 1.54) is 11.0 Å². The quantitative estimate of drug-likeness (QED) is 0.742. The summed E-state index contributed by atoms with van der Waals surface area (Å²) in [4.78, 5) is 23.6. The first-order chi connectivity index (χ1) is 10.7. The zero-order chi connectivity index (χ0) is 15.5. The molecule has 1 atom stereocenters. The molecule has 0 aromatic carbocycles. The van der Waals surface area contributed by atoms with E-state index in [0.29, 0.717) is 11.4 Å². The number of hydrogen-bond donors (Lipinski definition) is 0. The lowest BCUT2D eigenvalue weighted by atomic mass is 10.2. The van der Waals surface area contributed by atoms with E-state index in [1.54, 1.807) is 40.9 Å². The van der Waals surface area contributed by atoms with Crippen LogP contribution in [0.15, 0.2) is 48.5 Å². The molecule has 7 heteroatoms. The third-order valence-electron chi connectivity index (χ3n) is 3.50. The number of rotatable bonds is 4. The highest BCUT2D eigenvalue weighted by Crippen LogP contribution is 2.24. The predicted molar refractivity (Wildman–Crippen MR) is 84.0 cm³/mol. The van der Waals surface area contributed by atoms with Crippen LogP contribution >= 0.6 is 11.3 Å². The zero-order valence-electron chi connectivity index (χ0n) is 12.2. The minimum absolute atomic E-state index is 0.0236. The monoisotopic (exact) mass is 313 g/mol. The van der Waals surface area contributed by atoms with Gasteiger partial charge >= 0.3 is 0 Å². The Balaban J connectivity index is 1.84. The Morgan fingerprint density at radius 2 is 2.27 bits per heavy atom. The van der Waals surface area contributed by atoms with Gasteiger partial charge in [-0.25, -0.2) is 14.6 Å². The summed E-state index contributed by atoms with van der Waals surface area (Å²) < 4.78 is 1.53. The van der Waals surface area contributed by atoms with Crippen molar-refractivity contribution in [1.82, 2.24) is 24.6 Å². The molecule has 6 nitrogen and oxygen atoms in total.